The van der Waals surface area contributed by atoms with Crippen LogP contribution in [0.3, 0.4) is 0 Å². The number of anilines is 1. The lowest BCUT2D eigenvalue weighted by Crippen LogP contribution is -2.30. The van der Waals surface area contributed by atoms with Crippen LogP contribution in [0.5, 0.6) is 0 Å². The minimum absolute atomic E-state index is 0.0753. The normalized spacial score (nSPS) is 12.0. The molecule has 0 spiro atoms. The SMILES string of the molecule is CCN(CC)S(=O)(=O)c1ccc(N/N=C/c2ccco2)c([N+](=O)[O-])c1. The fraction of sp³-hybridized carbons (Fsp3) is 0.267. The molecule has 1 aromatic carbocycles. The molecule has 2 rings (SSSR count). The minimum atomic E-state index is -3.78. The maximum Gasteiger partial charge on any atom is 0.295 e. The van der Waals surface area contributed by atoms with E-state index < -0.39 is 14.9 Å². The molecule has 0 amide bonds. The van der Waals surface area contributed by atoms with Gasteiger partial charge < -0.3 is 4.42 Å². The molecule has 0 atom stereocenters. The predicted molar refractivity (Wildman–Crippen MR) is 93.1 cm³/mol. The van der Waals surface area contributed by atoms with Gasteiger partial charge in [0.25, 0.3) is 5.69 Å². The van der Waals surface area contributed by atoms with E-state index in [9.17, 15) is 18.5 Å². The molecular weight excluding hydrogens is 348 g/mol. The number of rotatable bonds is 8. The zero-order valence-corrected chi connectivity index (χ0v) is 14.6. The molecule has 0 unspecified atom stereocenters. The fourth-order valence-electron chi connectivity index (χ4n) is 2.16. The van der Waals surface area contributed by atoms with Gasteiger partial charge in [0.05, 0.1) is 22.3 Å². The van der Waals surface area contributed by atoms with Gasteiger partial charge >= 0.3 is 0 Å². The zero-order chi connectivity index (χ0) is 18.4. The van der Waals surface area contributed by atoms with Gasteiger partial charge in [-0.15, -0.1) is 0 Å². The fourth-order valence-corrected chi connectivity index (χ4v) is 3.64. The van der Waals surface area contributed by atoms with Crippen LogP contribution in [0, 0.1) is 10.1 Å². The monoisotopic (exact) mass is 366 g/mol. The number of hydrazone groups is 1. The van der Waals surface area contributed by atoms with E-state index in [4.69, 9.17) is 4.42 Å². The summed E-state index contributed by atoms with van der Waals surface area (Å²) in [6, 6.07) is 6.99. The third-order valence-corrected chi connectivity index (χ3v) is 5.47. The number of nitrogens with zero attached hydrogens (tertiary/aromatic N) is 3. The first-order valence-electron chi connectivity index (χ1n) is 7.51. The summed E-state index contributed by atoms with van der Waals surface area (Å²) in [6.45, 7) is 3.96. The van der Waals surface area contributed by atoms with E-state index in [0.717, 1.165) is 6.07 Å². The molecule has 1 aromatic heterocycles. The molecule has 0 aliphatic carbocycles. The summed E-state index contributed by atoms with van der Waals surface area (Å²) in [6.07, 6.45) is 2.82. The van der Waals surface area contributed by atoms with Gasteiger partial charge in [0, 0.05) is 19.2 Å². The highest BCUT2D eigenvalue weighted by Gasteiger charge is 2.25. The van der Waals surface area contributed by atoms with Gasteiger partial charge in [-0.05, 0) is 24.3 Å². The maximum atomic E-state index is 12.5. The van der Waals surface area contributed by atoms with Crippen molar-refractivity contribution in [3.63, 3.8) is 0 Å². The van der Waals surface area contributed by atoms with Crippen molar-refractivity contribution < 1.29 is 17.8 Å². The third kappa shape index (κ3) is 4.22. The summed E-state index contributed by atoms with van der Waals surface area (Å²) < 4.78 is 31.3. The predicted octanol–water partition coefficient (Wildman–Crippen LogP) is 2.66. The van der Waals surface area contributed by atoms with Crippen molar-refractivity contribution in [3.05, 3.63) is 52.5 Å². The van der Waals surface area contributed by atoms with E-state index in [1.54, 1.807) is 26.0 Å². The van der Waals surface area contributed by atoms with Crippen molar-refractivity contribution in [2.75, 3.05) is 18.5 Å². The van der Waals surface area contributed by atoms with E-state index >= 15 is 0 Å². The molecule has 0 saturated carbocycles. The average molecular weight is 366 g/mol. The second kappa shape index (κ2) is 7.90. The number of nitro groups is 1. The lowest BCUT2D eigenvalue weighted by Gasteiger charge is -2.18. The summed E-state index contributed by atoms with van der Waals surface area (Å²) in [5, 5.41) is 15.1. The molecule has 1 heterocycles. The van der Waals surface area contributed by atoms with Gasteiger partial charge in [-0.1, -0.05) is 13.8 Å². The van der Waals surface area contributed by atoms with Crippen LogP contribution in [-0.2, 0) is 10.0 Å². The van der Waals surface area contributed by atoms with Gasteiger partial charge in [-0.25, -0.2) is 8.42 Å². The van der Waals surface area contributed by atoms with Crippen LogP contribution in [0.2, 0.25) is 0 Å². The molecular formula is C15H18N4O5S. The summed E-state index contributed by atoms with van der Waals surface area (Å²) in [7, 11) is -3.78. The van der Waals surface area contributed by atoms with Crippen molar-refractivity contribution in [1.29, 1.82) is 0 Å². The molecule has 10 heteroatoms. The van der Waals surface area contributed by atoms with E-state index in [2.05, 4.69) is 10.5 Å². The maximum absolute atomic E-state index is 12.5. The van der Waals surface area contributed by atoms with Crippen LogP contribution >= 0.6 is 0 Å². The van der Waals surface area contributed by atoms with Crippen LogP contribution in [0.4, 0.5) is 11.4 Å². The molecule has 0 saturated heterocycles. The Hall–Kier alpha value is -2.72. The van der Waals surface area contributed by atoms with Gasteiger partial charge in [-0.2, -0.15) is 9.41 Å². The van der Waals surface area contributed by atoms with Crippen molar-refractivity contribution in [3.8, 4) is 0 Å². The number of furan rings is 1. The smallest absolute Gasteiger partial charge is 0.295 e. The Kier molecular flexibility index (Phi) is 5.88. The van der Waals surface area contributed by atoms with Crippen molar-refractivity contribution in [2.24, 2.45) is 5.10 Å². The van der Waals surface area contributed by atoms with E-state index in [1.165, 1.54) is 28.9 Å². The summed E-state index contributed by atoms with van der Waals surface area (Å²) >= 11 is 0. The molecule has 0 radical (unpaired) electrons. The zero-order valence-electron chi connectivity index (χ0n) is 13.7. The number of sulfonamides is 1. The number of hydrogen-bond acceptors (Lipinski definition) is 7. The molecule has 0 fully saturated rings. The number of benzene rings is 1. The topological polar surface area (TPSA) is 118 Å². The lowest BCUT2D eigenvalue weighted by molar-refractivity contribution is -0.384. The Morgan fingerprint density at radius 2 is 2.04 bits per heavy atom. The second-order valence-electron chi connectivity index (χ2n) is 4.91. The molecule has 2 aromatic rings. The van der Waals surface area contributed by atoms with Crippen molar-refractivity contribution >= 4 is 27.6 Å². The first-order chi connectivity index (χ1) is 11.9. The average Bonchev–Trinajstić information content (AvgIpc) is 3.09. The summed E-state index contributed by atoms with van der Waals surface area (Å²) in [4.78, 5) is 10.5. The lowest BCUT2D eigenvalue weighted by atomic mass is 10.3. The van der Waals surface area contributed by atoms with Crippen molar-refractivity contribution in [1.82, 2.24) is 4.31 Å². The Morgan fingerprint density at radius 3 is 2.60 bits per heavy atom. The Balaban J connectivity index is 2.33. The molecule has 25 heavy (non-hydrogen) atoms. The van der Waals surface area contributed by atoms with Crippen LogP contribution in [0.1, 0.15) is 19.6 Å². The van der Waals surface area contributed by atoms with E-state index in [-0.39, 0.29) is 29.4 Å². The van der Waals surface area contributed by atoms with Crippen LogP contribution < -0.4 is 5.43 Å². The van der Waals surface area contributed by atoms with Gasteiger partial charge in [0.1, 0.15) is 11.4 Å². The van der Waals surface area contributed by atoms with Gasteiger partial charge in [0.15, 0.2) is 0 Å². The molecule has 9 nitrogen and oxygen atoms in total. The first kappa shape index (κ1) is 18.6. The highest BCUT2D eigenvalue weighted by atomic mass is 32.2. The highest BCUT2D eigenvalue weighted by Crippen LogP contribution is 2.29. The largest absolute Gasteiger partial charge is 0.463 e. The number of nitrogens with one attached hydrogen (secondary N) is 1. The highest BCUT2D eigenvalue weighted by molar-refractivity contribution is 7.89. The second-order valence-corrected chi connectivity index (χ2v) is 6.85. The van der Waals surface area contributed by atoms with Crippen LogP contribution in [0.15, 0.2) is 51.0 Å². The van der Waals surface area contributed by atoms with Crippen LogP contribution in [-0.4, -0.2) is 37.0 Å². The van der Waals surface area contributed by atoms with Gasteiger partial charge in [0.2, 0.25) is 10.0 Å². The first-order valence-corrected chi connectivity index (χ1v) is 8.95. The Morgan fingerprint density at radius 1 is 1.32 bits per heavy atom. The van der Waals surface area contributed by atoms with E-state index in [0.29, 0.717) is 5.76 Å². The van der Waals surface area contributed by atoms with Gasteiger partial charge in [-0.3, -0.25) is 15.5 Å². The summed E-state index contributed by atoms with van der Waals surface area (Å²) in [5.74, 6) is 0.468. The van der Waals surface area contributed by atoms with Crippen LogP contribution in [0.25, 0.3) is 0 Å². The van der Waals surface area contributed by atoms with Crippen molar-refractivity contribution in [2.45, 2.75) is 18.7 Å². The number of hydrogen-bond donors (Lipinski definition) is 1. The third-order valence-electron chi connectivity index (χ3n) is 3.43. The summed E-state index contributed by atoms with van der Waals surface area (Å²) in [5.41, 5.74) is 2.22. The standard InChI is InChI=1S/C15H18N4O5S/c1-3-18(4-2)25(22,23)13-7-8-14(15(10-13)19(20)21)17-16-11-12-6-5-9-24-12/h5-11,17H,3-4H2,1-2H3/b16-11+. The minimum Gasteiger partial charge on any atom is -0.463 e. The molecule has 0 aliphatic rings. The quantitative estimate of drug-likeness (QED) is 0.436. The molecule has 1 N–H and O–H groups in total. The molecule has 0 bridgehead atoms. The Labute approximate surface area is 145 Å². The molecule has 0 aliphatic heterocycles. The van der Waals surface area contributed by atoms with E-state index in [1.807, 2.05) is 0 Å². The number of nitro benzene ring substituents is 1. The molecule has 134 valence electrons. The Bertz CT molecular complexity index is 858.